The molecule has 1 atom stereocenters. The molecule has 0 aromatic carbocycles. The van der Waals surface area contributed by atoms with Gasteiger partial charge in [-0.1, -0.05) is 6.92 Å². The van der Waals surface area contributed by atoms with E-state index >= 15 is 0 Å². The number of rotatable bonds is 4. The summed E-state index contributed by atoms with van der Waals surface area (Å²) in [7, 11) is 0. The zero-order valence-corrected chi connectivity index (χ0v) is 6.79. The van der Waals surface area contributed by atoms with Gasteiger partial charge in [-0.2, -0.15) is 0 Å². The molecule has 1 fully saturated rings. The molecule has 3 nitrogen and oxygen atoms in total. The fraction of sp³-hybridized carbons (Fsp3) is 0.875. The molecule has 0 heterocycles. The van der Waals surface area contributed by atoms with Crippen LogP contribution >= 0.6 is 0 Å². The maximum Gasteiger partial charge on any atom is 0.139 e. The topological polar surface area (TPSA) is 49.3 Å². The van der Waals surface area contributed by atoms with Crippen molar-refractivity contribution in [1.82, 2.24) is 5.32 Å². The van der Waals surface area contributed by atoms with E-state index in [0.29, 0.717) is 6.04 Å². The number of nitrogens with one attached hydrogen (secondary N) is 1. The summed E-state index contributed by atoms with van der Waals surface area (Å²) in [4.78, 5) is 10.3. The Bertz CT molecular complexity index is 132. The fourth-order valence-electron chi connectivity index (χ4n) is 1.48. The van der Waals surface area contributed by atoms with Gasteiger partial charge in [0.25, 0.3) is 0 Å². The Morgan fingerprint density at radius 3 is 2.73 bits per heavy atom. The molecule has 3 heteroatoms. The monoisotopic (exact) mass is 157 g/mol. The van der Waals surface area contributed by atoms with Crippen molar-refractivity contribution >= 4 is 6.29 Å². The summed E-state index contributed by atoms with van der Waals surface area (Å²) < 4.78 is 0. The molecule has 1 aliphatic carbocycles. The van der Waals surface area contributed by atoms with Crippen LogP contribution < -0.4 is 5.32 Å². The molecule has 0 aliphatic heterocycles. The molecule has 0 unspecified atom stereocenters. The minimum atomic E-state index is -0.354. The number of aliphatic hydroxyl groups is 1. The molecule has 2 N–H and O–H groups in total. The molecule has 1 saturated carbocycles. The molecule has 0 aromatic rings. The highest BCUT2D eigenvalue weighted by Crippen LogP contribution is 2.26. The van der Waals surface area contributed by atoms with Crippen molar-refractivity contribution in [1.29, 1.82) is 0 Å². The van der Waals surface area contributed by atoms with Crippen molar-refractivity contribution in [3.05, 3.63) is 0 Å². The van der Waals surface area contributed by atoms with Crippen LogP contribution in [0.3, 0.4) is 0 Å². The molecule has 0 bridgehead atoms. The molecular formula is C8H15NO2. The van der Waals surface area contributed by atoms with Crippen molar-refractivity contribution < 1.29 is 9.90 Å². The highest BCUT2D eigenvalue weighted by Gasteiger charge is 2.26. The predicted octanol–water partition coefficient (Wildman–Crippen LogP) is -0.0657. The van der Waals surface area contributed by atoms with E-state index in [1.54, 1.807) is 0 Å². The summed E-state index contributed by atoms with van der Waals surface area (Å²) in [5.41, 5.74) is 0. The van der Waals surface area contributed by atoms with Gasteiger partial charge < -0.3 is 15.2 Å². The molecule has 0 amide bonds. The number of aliphatic hydroxyl groups excluding tert-OH is 1. The van der Waals surface area contributed by atoms with Crippen LogP contribution in [-0.4, -0.2) is 30.1 Å². The van der Waals surface area contributed by atoms with Gasteiger partial charge in [-0.3, -0.25) is 0 Å². The smallest absolute Gasteiger partial charge is 0.139 e. The minimum Gasteiger partial charge on any atom is -0.394 e. The van der Waals surface area contributed by atoms with Gasteiger partial charge in [0.15, 0.2) is 0 Å². The third-order valence-electron chi connectivity index (χ3n) is 2.18. The first kappa shape index (κ1) is 8.68. The van der Waals surface area contributed by atoms with Crippen molar-refractivity contribution in [3.63, 3.8) is 0 Å². The zero-order chi connectivity index (χ0) is 8.27. The standard InChI is InChI=1S/C8H15NO2/c1-6-2-7(3-6)9-8(4-10)5-11/h4,6-9,11H,2-3,5H2,1H3/t6?,7?,8-/m1/s1. The quantitative estimate of drug-likeness (QED) is 0.562. The summed E-state index contributed by atoms with van der Waals surface area (Å²) in [5.74, 6) is 0.776. The van der Waals surface area contributed by atoms with Crippen LogP contribution in [0.1, 0.15) is 19.8 Å². The number of hydrogen-bond acceptors (Lipinski definition) is 3. The average molecular weight is 157 g/mol. The Labute approximate surface area is 66.8 Å². The van der Waals surface area contributed by atoms with Crippen LogP contribution in [0.2, 0.25) is 0 Å². The maximum absolute atomic E-state index is 10.3. The van der Waals surface area contributed by atoms with Crippen LogP contribution in [0.25, 0.3) is 0 Å². The van der Waals surface area contributed by atoms with E-state index in [1.165, 1.54) is 0 Å². The number of carbonyl (C=O) groups is 1. The summed E-state index contributed by atoms with van der Waals surface area (Å²) >= 11 is 0. The number of aldehydes is 1. The van der Waals surface area contributed by atoms with Gasteiger partial charge in [-0.15, -0.1) is 0 Å². The molecule has 0 spiro atoms. The lowest BCUT2D eigenvalue weighted by atomic mass is 9.81. The Hall–Kier alpha value is -0.410. The fourth-order valence-corrected chi connectivity index (χ4v) is 1.48. The van der Waals surface area contributed by atoms with E-state index in [1.807, 2.05) is 0 Å². The Morgan fingerprint density at radius 2 is 2.36 bits per heavy atom. The third-order valence-corrected chi connectivity index (χ3v) is 2.18. The van der Waals surface area contributed by atoms with Crippen molar-refractivity contribution in [2.75, 3.05) is 6.61 Å². The van der Waals surface area contributed by atoms with Crippen molar-refractivity contribution in [3.8, 4) is 0 Å². The Morgan fingerprint density at radius 1 is 1.73 bits per heavy atom. The molecule has 1 aliphatic rings. The van der Waals surface area contributed by atoms with Crippen LogP contribution in [-0.2, 0) is 4.79 Å². The van der Waals surface area contributed by atoms with E-state index < -0.39 is 0 Å². The van der Waals surface area contributed by atoms with Crippen molar-refractivity contribution in [2.45, 2.75) is 31.8 Å². The first-order valence-corrected chi connectivity index (χ1v) is 4.08. The Balaban J connectivity index is 2.14. The highest BCUT2D eigenvalue weighted by molar-refractivity contribution is 5.57. The first-order valence-electron chi connectivity index (χ1n) is 4.08. The summed E-state index contributed by atoms with van der Waals surface area (Å²) in [6.07, 6.45) is 3.03. The van der Waals surface area contributed by atoms with Gasteiger partial charge in [0.05, 0.1) is 12.6 Å². The lowest BCUT2D eigenvalue weighted by molar-refractivity contribution is -0.110. The largest absolute Gasteiger partial charge is 0.394 e. The van der Waals surface area contributed by atoms with E-state index in [4.69, 9.17) is 5.11 Å². The zero-order valence-electron chi connectivity index (χ0n) is 6.79. The van der Waals surface area contributed by atoms with Crippen LogP contribution in [0.4, 0.5) is 0 Å². The van der Waals surface area contributed by atoms with Crippen LogP contribution in [0.5, 0.6) is 0 Å². The molecular weight excluding hydrogens is 142 g/mol. The number of carbonyl (C=O) groups excluding carboxylic acids is 1. The van der Waals surface area contributed by atoms with E-state index in [9.17, 15) is 4.79 Å². The normalized spacial score (nSPS) is 32.5. The van der Waals surface area contributed by atoms with Gasteiger partial charge in [0.1, 0.15) is 6.29 Å². The summed E-state index contributed by atoms with van der Waals surface area (Å²) in [5, 5.41) is 11.7. The SMILES string of the molecule is CC1CC(N[C@H](C=O)CO)C1. The summed E-state index contributed by atoms with van der Waals surface area (Å²) in [6.45, 7) is 2.10. The predicted molar refractivity (Wildman–Crippen MR) is 42.3 cm³/mol. The van der Waals surface area contributed by atoms with E-state index in [-0.39, 0.29) is 12.6 Å². The average Bonchev–Trinajstić information content (AvgIpc) is 1.96. The Kier molecular flexibility index (Phi) is 3.02. The van der Waals surface area contributed by atoms with Gasteiger partial charge in [0.2, 0.25) is 0 Å². The van der Waals surface area contributed by atoms with Crippen LogP contribution in [0, 0.1) is 5.92 Å². The number of hydrogen-bond donors (Lipinski definition) is 2. The highest BCUT2D eigenvalue weighted by atomic mass is 16.3. The van der Waals surface area contributed by atoms with Gasteiger partial charge in [-0.05, 0) is 18.8 Å². The maximum atomic E-state index is 10.3. The molecule has 0 aromatic heterocycles. The second kappa shape index (κ2) is 3.83. The van der Waals surface area contributed by atoms with Crippen LogP contribution in [0.15, 0.2) is 0 Å². The lowest BCUT2D eigenvalue weighted by Gasteiger charge is -2.34. The first-order chi connectivity index (χ1) is 5.26. The molecule has 1 rings (SSSR count). The van der Waals surface area contributed by atoms with E-state index in [0.717, 1.165) is 25.0 Å². The van der Waals surface area contributed by atoms with Crippen molar-refractivity contribution in [2.24, 2.45) is 5.92 Å². The minimum absolute atomic E-state index is 0.0889. The van der Waals surface area contributed by atoms with E-state index in [2.05, 4.69) is 12.2 Å². The molecule has 0 saturated heterocycles. The molecule has 64 valence electrons. The summed E-state index contributed by atoms with van der Waals surface area (Å²) in [6, 6.07) is 0.0971. The van der Waals surface area contributed by atoms with Gasteiger partial charge in [-0.25, -0.2) is 0 Å². The second-order valence-electron chi connectivity index (χ2n) is 3.37. The van der Waals surface area contributed by atoms with Gasteiger partial charge in [0, 0.05) is 6.04 Å². The molecule has 0 radical (unpaired) electrons. The molecule has 11 heavy (non-hydrogen) atoms. The van der Waals surface area contributed by atoms with Gasteiger partial charge >= 0.3 is 0 Å². The lowest BCUT2D eigenvalue weighted by Crippen LogP contribution is -2.47. The third kappa shape index (κ3) is 2.27. The second-order valence-corrected chi connectivity index (χ2v) is 3.37.